The monoisotopic (exact) mass is 227 g/mol. The zero-order valence-electron chi connectivity index (χ0n) is 7.57. The molecule has 0 aliphatic carbocycles. The summed E-state index contributed by atoms with van der Waals surface area (Å²) in [7, 11) is 1.26. The quantitative estimate of drug-likeness (QED) is 0.719. The van der Waals surface area contributed by atoms with Gasteiger partial charge in [0, 0.05) is 7.05 Å². The van der Waals surface area contributed by atoms with Gasteiger partial charge in [-0.1, -0.05) is 0 Å². The lowest BCUT2D eigenvalue weighted by molar-refractivity contribution is -0.133. The van der Waals surface area contributed by atoms with Gasteiger partial charge < -0.3 is 10.0 Å². The molecule has 0 saturated heterocycles. The molecular weight excluding hydrogens is 216 g/mol. The van der Waals surface area contributed by atoms with Crippen LogP contribution in [0, 0.1) is 0 Å². The van der Waals surface area contributed by atoms with Gasteiger partial charge in [0.15, 0.2) is 0 Å². The van der Waals surface area contributed by atoms with Crippen molar-refractivity contribution in [2.45, 2.75) is 6.43 Å². The molecule has 0 fully saturated rings. The van der Waals surface area contributed by atoms with E-state index in [1.165, 1.54) is 7.05 Å². The van der Waals surface area contributed by atoms with E-state index in [2.05, 4.69) is 0 Å². The van der Waals surface area contributed by atoms with Crippen LogP contribution in [0.25, 0.3) is 0 Å². The van der Waals surface area contributed by atoms with Crippen molar-refractivity contribution >= 4 is 23.6 Å². The molecule has 0 aliphatic heterocycles. The fourth-order valence-electron chi connectivity index (χ4n) is 0.645. The van der Waals surface area contributed by atoms with E-state index in [1.54, 1.807) is 0 Å². The molecule has 7 heteroatoms. The number of amides is 1. The highest BCUT2D eigenvalue weighted by Crippen LogP contribution is 2.03. The van der Waals surface area contributed by atoms with Crippen molar-refractivity contribution in [3.63, 3.8) is 0 Å². The minimum absolute atomic E-state index is 0.0878. The van der Waals surface area contributed by atoms with E-state index in [0.29, 0.717) is 0 Å². The smallest absolute Gasteiger partial charge is 0.313 e. The number of nitrogens with zero attached hydrogens (tertiary/aromatic N) is 1. The third-order valence-corrected chi connectivity index (χ3v) is 2.19. The van der Waals surface area contributed by atoms with Crippen LogP contribution in [0.4, 0.5) is 8.78 Å². The summed E-state index contributed by atoms with van der Waals surface area (Å²) in [5.41, 5.74) is 0. The van der Waals surface area contributed by atoms with Gasteiger partial charge in [0.25, 0.3) is 6.43 Å². The first-order chi connectivity index (χ1) is 6.43. The molecule has 4 nitrogen and oxygen atoms in total. The van der Waals surface area contributed by atoms with Crippen LogP contribution in [-0.4, -0.2) is 53.4 Å². The second-order valence-corrected chi connectivity index (χ2v) is 3.54. The van der Waals surface area contributed by atoms with Crippen molar-refractivity contribution in [2.75, 3.05) is 25.1 Å². The number of hydrogen-bond donors (Lipinski definition) is 1. The van der Waals surface area contributed by atoms with Gasteiger partial charge in [-0.3, -0.25) is 9.59 Å². The van der Waals surface area contributed by atoms with Crippen molar-refractivity contribution in [3.8, 4) is 0 Å². The Morgan fingerprint density at radius 1 is 1.43 bits per heavy atom. The van der Waals surface area contributed by atoms with Gasteiger partial charge in [0.2, 0.25) is 5.91 Å². The van der Waals surface area contributed by atoms with Gasteiger partial charge in [0.05, 0.1) is 18.1 Å². The molecule has 82 valence electrons. The van der Waals surface area contributed by atoms with Crippen LogP contribution < -0.4 is 0 Å². The summed E-state index contributed by atoms with van der Waals surface area (Å²) in [5.74, 6) is -1.81. The molecule has 0 heterocycles. The van der Waals surface area contributed by atoms with Gasteiger partial charge in [0.1, 0.15) is 0 Å². The average Bonchev–Trinajstić information content (AvgIpc) is 2.01. The number of halogens is 2. The van der Waals surface area contributed by atoms with Crippen LogP contribution in [0.3, 0.4) is 0 Å². The van der Waals surface area contributed by atoms with E-state index in [4.69, 9.17) is 5.11 Å². The standard InChI is InChI=1S/C7H11F2NO3S/c1-10(2-5(8)9)6(11)3-14-4-7(12)13/h5H,2-4H2,1H3,(H,12,13). The van der Waals surface area contributed by atoms with E-state index in [0.717, 1.165) is 16.7 Å². The fourth-order valence-corrected chi connectivity index (χ4v) is 1.32. The largest absolute Gasteiger partial charge is 0.481 e. The lowest BCUT2D eigenvalue weighted by atomic mass is 10.5. The highest BCUT2D eigenvalue weighted by molar-refractivity contribution is 8.00. The molecule has 1 amide bonds. The molecule has 1 N–H and O–H groups in total. The topological polar surface area (TPSA) is 57.6 Å². The number of aliphatic carboxylic acids is 1. The van der Waals surface area contributed by atoms with Crippen LogP contribution in [0.1, 0.15) is 0 Å². The van der Waals surface area contributed by atoms with E-state index < -0.39 is 24.8 Å². The number of carboxylic acid groups (broad SMARTS) is 1. The predicted molar refractivity (Wildman–Crippen MR) is 48.6 cm³/mol. The van der Waals surface area contributed by atoms with Crippen molar-refractivity contribution in [2.24, 2.45) is 0 Å². The Bertz CT molecular complexity index is 213. The minimum Gasteiger partial charge on any atom is -0.481 e. The van der Waals surface area contributed by atoms with Crippen LogP contribution in [0.5, 0.6) is 0 Å². The van der Waals surface area contributed by atoms with E-state index >= 15 is 0 Å². The molecule has 0 aromatic heterocycles. The molecule has 0 aromatic rings. The second kappa shape index (κ2) is 6.58. The first-order valence-corrected chi connectivity index (χ1v) is 4.90. The van der Waals surface area contributed by atoms with E-state index in [1.807, 2.05) is 0 Å². The normalized spacial score (nSPS) is 10.3. The number of rotatable bonds is 6. The Morgan fingerprint density at radius 2 is 2.00 bits per heavy atom. The highest BCUT2D eigenvalue weighted by atomic mass is 32.2. The van der Waals surface area contributed by atoms with Gasteiger partial charge >= 0.3 is 5.97 Å². The summed E-state index contributed by atoms with van der Waals surface area (Å²) in [6.45, 7) is -0.619. The number of alkyl halides is 2. The number of carbonyl (C=O) groups is 2. The summed E-state index contributed by atoms with van der Waals surface area (Å²) in [6, 6.07) is 0. The third-order valence-electron chi connectivity index (χ3n) is 1.29. The molecule has 0 radical (unpaired) electrons. The second-order valence-electron chi connectivity index (χ2n) is 2.55. The first kappa shape index (κ1) is 13.2. The number of thioether (sulfide) groups is 1. The molecule has 0 spiro atoms. The van der Waals surface area contributed by atoms with Gasteiger partial charge in [-0.15, -0.1) is 11.8 Å². The van der Waals surface area contributed by atoms with Gasteiger partial charge in [-0.25, -0.2) is 8.78 Å². The van der Waals surface area contributed by atoms with E-state index in [9.17, 15) is 18.4 Å². The molecule has 0 atom stereocenters. The average molecular weight is 227 g/mol. The van der Waals surface area contributed by atoms with Crippen molar-refractivity contribution in [1.82, 2.24) is 4.90 Å². The Labute approximate surface area is 84.3 Å². The fraction of sp³-hybridized carbons (Fsp3) is 0.714. The Hall–Kier alpha value is -0.850. The van der Waals surface area contributed by atoms with Crippen molar-refractivity contribution in [1.29, 1.82) is 0 Å². The molecule has 14 heavy (non-hydrogen) atoms. The van der Waals surface area contributed by atoms with Crippen LogP contribution in [0.2, 0.25) is 0 Å². The van der Waals surface area contributed by atoms with Crippen LogP contribution in [0.15, 0.2) is 0 Å². The van der Waals surface area contributed by atoms with Gasteiger partial charge in [-0.05, 0) is 0 Å². The summed E-state index contributed by atoms with van der Waals surface area (Å²) in [6.07, 6.45) is -2.56. The minimum atomic E-state index is -2.56. The summed E-state index contributed by atoms with van der Waals surface area (Å²) >= 11 is 0.889. The zero-order chi connectivity index (χ0) is 11.1. The Kier molecular flexibility index (Phi) is 6.18. The molecule has 0 aliphatic rings. The predicted octanol–water partition coefficient (Wildman–Crippen LogP) is 0.528. The zero-order valence-corrected chi connectivity index (χ0v) is 8.39. The lowest BCUT2D eigenvalue weighted by Gasteiger charge is -2.15. The molecule has 0 bridgehead atoms. The Balaban J connectivity index is 3.67. The van der Waals surface area contributed by atoms with Gasteiger partial charge in [-0.2, -0.15) is 0 Å². The summed E-state index contributed by atoms with van der Waals surface area (Å²) in [5, 5.41) is 8.24. The lowest BCUT2D eigenvalue weighted by Crippen LogP contribution is -2.32. The number of hydrogen-bond acceptors (Lipinski definition) is 3. The number of carbonyl (C=O) groups excluding carboxylic acids is 1. The molecular formula is C7H11F2NO3S. The number of carboxylic acids is 1. The summed E-state index contributed by atoms with van der Waals surface area (Å²) < 4.78 is 23.6. The molecule has 0 rings (SSSR count). The third kappa shape index (κ3) is 6.64. The molecule has 0 saturated carbocycles. The van der Waals surface area contributed by atoms with E-state index in [-0.39, 0.29) is 11.5 Å². The van der Waals surface area contributed by atoms with Crippen LogP contribution in [-0.2, 0) is 9.59 Å². The summed E-state index contributed by atoms with van der Waals surface area (Å²) in [4.78, 5) is 22.0. The maximum Gasteiger partial charge on any atom is 0.313 e. The Morgan fingerprint density at radius 3 is 2.43 bits per heavy atom. The maximum atomic E-state index is 11.8. The molecule has 0 unspecified atom stereocenters. The maximum absolute atomic E-state index is 11.8. The van der Waals surface area contributed by atoms with Crippen molar-refractivity contribution in [3.05, 3.63) is 0 Å². The highest BCUT2D eigenvalue weighted by Gasteiger charge is 2.13. The molecule has 0 aromatic carbocycles. The van der Waals surface area contributed by atoms with Crippen LogP contribution >= 0.6 is 11.8 Å². The van der Waals surface area contributed by atoms with Crippen molar-refractivity contribution < 1.29 is 23.5 Å². The SMILES string of the molecule is CN(CC(F)F)C(=O)CSCC(=O)O. The first-order valence-electron chi connectivity index (χ1n) is 3.75.